The molecule has 8 heteroatoms. The number of benzene rings is 1. The molecule has 0 atom stereocenters. The Balaban J connectivity index is 2.15. The second kappa shape index (κ2) is 8.28. The summed E-state index contributed by atoms with van der Waals surface area (Å²) in [4.78, 5) is 15.9. The number of hydrogen-bond acceptors (Lipinski definition) is 7. The Morgan fingerprint density at radius 2 is 2.22 bits per heavy atom. The summed E-state index contributed by atoms with van der Waals surface area (Å²) in [6.07, 6.45) is 3.68. The van der Waals surface area contributed by atoms with Gasteiger partial charge in [-0.25, -0.2) is 4.79 Å². The molecule has 0 aliphatic rings. The first-order valence-corrected chi connectivity index (χ1v) is 7.60. The van der Waals surface area contributed by atoms with Gasteiger partial charge in [-0.1, -0.05) is 24.9 Å². The second-order valence-corrected chi connectivity index (χ2v) is 5.16. The van der Waals surface area contributed by atoms with Crippen molar-refractivity contribution in [2.75, 3.05) is 24.3 Å². The molecule has 1 aromatic heterocycles. The van der Waals surface area contributed by atoms with Gasteiger partial charge in [0.1, 0.15) is 0 Å². The van der Waals surface area contributed by atoms with E-state index in [0.29, 0.717) is 22.1 Å². The SMILES string of the molecule is CCCCNc1cnnc(Nc2cc(C(=O)OC)ccc2Cl)n1. The molecule has 0 bridgehead atoms. The lowest BCUT2D eigenvalue weighted by Gasteiger charge is -2.09. The summed E-state index contributed by atoms with van der Waals surface area (Å²) < 4.78 is 4.69. The van der Waals surface area contributed by atoms with Crippen LogP contribution in [0, 0.1) is 0 Å². The average Bonchev–Trinajstić information content (AvgIpc) is 2.57. The second-order valence-electron chi connectivity index (χ2n) is 4.76. The molecule has 122 valence electrons. The molecule has 0 saturated carbocycles. The van der Waals surface area contributed by atoms with Crippen molar-refractivity contribution in [1.82, 2.24) is 15.2 Å². The highest BCUT2D eigenvalue weighted by atomic mass is 35.5. The quantitative estimate of drug-likeness (QED) is 0.593. The highest BCUT2D eigenvalue weighted by Gasteiger charge is 2.10. The first-order valence-electron chi connectivity index (χ1n) is 7.22. The van der Waals surface area contributed by atoms with Crippen molar-refractivity contribution in [2.45, 2.75) is 19.8 Å². The van der Waals surface area contributed by atoms with Gasteiger partial charge in [-0.15, -0.1) is 5.10 Å². The molecule has 0 aliphatic heterocycles. The van der Waals surface area contributed by atoms with E-state index < -0.39 is 5.97 Å². The van der Waals surface area contributed by atoms with Gasteiger partial charge in [0.15, 0.2) is 5.82 Å². The van der Waals surface area contributed by atoms with Crippen molar-refractivity contribution < 1.29 is 9.53 Å². The zero-order valence-electron chi connectivity index (χ0n) is 13.0. The van der Waals surface area contributed by atoms with Crippen LogP contribution in [0.25, 0.3) is 0 Å². The van der Waals surface area contributed by atoms with E-state index in [0.717, 1.165) is 19.4 Å². The van der Waals surface area contributed by atoms with Crippen LogP contribution in [-0.4, -0.2) is 34.8 Å². The maximum atomic E-state index is 11.6. The number of carbonyl (C=O) groups excluding carboxylic acids is 1. The fourth-order valence-corrected chi connectivity index (χ4v) is 1.99. The molecule has 0 unspecified atom stereocenters. The molecule has 0 amide bonds. The Hall–Kier alpha value is -2.41. The molecule has 2 rings (SSSR count). The molecular formula is C15H18ClN5O2. The third-order valence-corrected chi connectivity index (χ3v) is 3.36. The number of esters is 1. The molecule has 0 saturated heterocycles. The summed E-state index contributed by atoms with van der Waals surface area (Å²) in [6.45, 7) is 2.93. The van der Waals surface area contributed by atoms with Gasteiger partial charge in [-0.3, -0.25) is 0 Å². The van der Waals surface area contributed by atoms with Crippen LogP contribution in [0.3, 0.4) is 0 Å². The largest absolute Gasteiger partial charge is 0.465 e. The summed E-state index contributed by atoms with van der Waals surface area (Å²) in [5.41, 5.74) is 0.881. The number of rotatable bonds is 7. The standard InChI is InChI=1S/C15H18ClN5O2/c1-3-4-7-17-13-9-18-21-15(20-13)19-12-8-10(14(22)23-2)5-6-11(12)16/h5-6,8-9H,3-4,7H2,1-2H3,(H2,17,19,20,21). The Kier molecular flexibility index (Phi) is 6.10. The highest BCUT2D eigenvalue weighted by Crippen LogP contribution is 2.25. The smallest absolute Gasteiger partial charge is 0.337 e. The predicted octanol–water partition coefficient (Wildman–Crippen LogP) is 3.27. The van der Waals surface area contributed by atoms with Gasteiger partial charge < -0.3 is 15.4 Å². The maximum absolute atomic E-state index is 11.6. The Labute approximate surface area is 139 Å². The number of halogens is 1. The van der Waals surface area contributed by atoms with Crippen LogP contribution in [-0.2, 0) is 4.74 Å². The summed E-state index contributed by atoms with van der Waals surface area (Å²) in [5.74, 6) is 0.463. The van der Waals surface area contributed by atoms with Gasteiger partial charge in [-0.05, 0) is 24.6 Å². The molecule has 7 nitrogen and oxygen atoms in total. The number of methoxy groups -OCH3 is 1. The number of anilines is 3. The molecule has 2 aromatic rings. The molecule has 0 fully saturated rings. The van der Waals surface area contributed by atoms with Crippen LogP contribution < -0.4 is 10.6 Å². The number of unbranched alkanes of at least 4 members (excludes halogenated alkanes) is 1. The predicted molar refractivity (Wildman–Crippen MR) is 89.3 cm³/mol. The topological polar surface area (TPSA) is 89.0 Å². The van der Waals surface area contributed by atoms with Crippen LogP contribution in [0.1, 0.15) is 30.1 Å². The third-order valence-electron chi connectivity index (χ3n) is 3.03. The first-order chi connectivity index (χ1) is 11.1. The summed E-state index contributed by atoms with van der Waals surface area (Å²) in [5, 5.41) is 14.4. The summed E-state index contributed by atoms with van der Waals surface area (Å²) >= 11 is 6.13. The van der Waals surface area contributed by atoms with Crippen molar-refractivity contribution in [2.24, 2.45) is 0 Å². The van der Waals surface area contributed by atoms with Crippen LogP contribution in [0.2, 0.25) is 5.02 Å². The fourth-order valence-electron chi connectivity index (χ4n) is 1.82. The number of hydrogen-bond donors (Lipinski definition) is 2. The van der Waals surface area contributed by atoms with Crippen LogP contribution in [0.5, 0.6) is 0 Å². The third kappa shape index (κ3) is 4.79. The van der Waals surface area contributed by atoms with Crippen LogP contribution in [0.4, 0.5) is 17.5 Å². The van der Waals surface area contributed by atoms with Gasteiger partial charge in [0.05, 0.1) is 29.6 Å². The molecular weight excluding hydrogens is 318 g/mol. The van der Waals surface area contributed by atoms with E-state index >= 15 is 0 Å². The van der Waals surface area contributed by atoms with Crippen molar-refractivity contribution >= 4 is 35.0 Å². The molecule has 0 aliphatic carbocycles. The lowest BCUT2D eigenvalue weighted by atomic mass is 10.2. The number of carbonyl (C=O) groups is 1. The van der Waals surface area contributed by atoms with Crippen LogP contribution in [0.15, 0.2) is 24.4 Å². The van der Waals surface area contributed by atoms with E-state index in [9.17, 15) is 4.79 Å². The molecule has 0 spiro atoms. The van der Waals surface area contributed by atoms with E-state index in [2.05, 4.69) is 32.7 Å². The van der Waals surface area contributed by atoms with E-state index in [1.807, 2.05) is 0 Å². The van der Waals surface area contributed by atoms with Gasteiger partial charge in [0, 0.05) is 6.54 Å². The van der Waals surface area contributed by atoms with E-state index in [-0.39, 0.29) is 5.95 Å². The number of nitrogens with one attached hydrogen (secondary N) is 2. The summed E-state index contributed by atoms with van der Waals surface area (Å²) in [6, 6.07) is 4.77. The van der Waals surface area contributed by atoms with Gasteiger partial charge in [0.2, 0.25) is 5.95 Å². The van der Waals surface area contributed by atoms with Gasteiger partial charge >= 0.3 is 5.97 Å². The zero-order valence-corrected chi connectivity index (χ0v) is 13.7. The monoisotopic (exact) mass is 335 g/mol. The number of aromatic nitrogens is 3. The minimum Gasteiger partial charge on any atom is -0.465 e. The lowest BCUT2D eigenvalue weighted by molar-refractivity contribution is 0.0601. The Morgan fingerprint density at radius 3 is 2.96 bits per heavy atom. The molecule has 1 heterocycles. The van der Waals surface area contributed by atoms with Crippen LogP contribution >= 0.6 is 11.6 Å². The minimum absolute atomic E-state index is 0.287. The molecule has 0 radical (unpaired) electrons. The van der Waals surface area contributed by atoms with E-state index in [1.54, 1.807) is 24.4 Å². The van der Waals surface area contributed by atoms with Crippen molar-refractivity contribution in [1.29, 1.82) is 0 Å². The van der Waals surface area contributed by atoms with E-state index in [1.165, 1.54) is 7.11 Å². The Morgan fingerprint density at radius 1 is 1.39 bits per heavy atom. The highest BCUT2D eigenvalue weighted by molar-refractivity contribution is 6.33. The first kappa shape index (κ1) is 17.0. The van der Waals surface area contributed by atoms with Gasteiger partial charge in [0.25, 0.3) is 0 Å². The molecule has 23 heavy (non-hydrogen) atoms. The number of ether oxygens (including phenoxy) is 1. The molecule has 2 N–H and O–H groups in total. The zero-order chi connectivity index (χ0) is 16.7. The Bertz CT molecular complexity index is 681. The normalized spacial score (nSPS) is 10.2. The maximum Gasteiger partial charge on any atom is 0.337 e. The van der Waals surface area contributed by atoms with E-state index in [4.69, 9.17) is 16.3 Å². The van der Waals surface area contributed by atoms with Gasteiger partial charge in [-0.2, -0.15) is 10.1 Å². The average molecular weight is 336 g/mol. The van der Waals surface area contributed by atoms with Crippen molar-refractivity contribution in [3.63, 3.8) is 0 Å². The fraction of sp³-hybridized carbons (Fsp3) is 0.333. The van der Waals surface area contributed by atoms with Crippen molar-refractivity contribution in [3.05, 3.63) is 35.0 Å². The summed E-state index contributed by atoms with van der Waals surface area (Å²) in [7, 11) is 1.32. The molecule has 1 aromatic carbocycles. The minimum atomic E-state index is -0.446. The number of nitrogens with zero attached hydrogens (tertiary/aromatic N) is 3. The lowest BCUT2D eigenvalue weighted by Crippen LogP contribution is -2.07. The van der Waals surface area contributed by atoms with Crippen molar-refractivity contribution in [3.8, 4) is 0 Å².